The van der Waals surface area contributed by atoms with E-state index in [2.05, 4.69) is 19.8 Å². The van der Waals surface area contributed by atoms with E-state index >= 15 is 0 Å². The van der Waals surface area contributed by atoms with E-state index in [0.29, 0.717) is 11.4 Å². The van der Waals surface area contributed by atoms with Crippen LogP contribution < -0.4 is 9.62 Å². The van der Waals surface area contributed by atoms with Gasteiger partial charge in [-0.15, -0.1) is 10.2 Å². The van der Waals surface area contributed by atoms with Gasteiger partial charge in [-0.3, -0.25) is 14.8 Å². The van der Waals surface area contributed by atoms with Gasteiger partial charge < -0.3 is 4.90 Å². The molecule has 0 aliphatic carbocycles. The fourth-order valence-electron chi connectivity index (χ4n) is 3.46. The zero-order valence-electron chi connectivity index (χ0n) is 16.6. The van der Waals surface area contributed by atoms with Crippen molar-refractivity contribution < 1.29 is 13.3 Å². The minimum Gasteiger partial charge on any atom is -0.355 e. The van der Waals surface area contributed by atoms with Crippen molar-refractivity contribution in [3.8, 4) is 11.3 Å². The molecule has 0 bridgehead atoms. The SMILES string of the molecule is O=[N+]([O-])c1cccc(S(=O)(=O)Nc2ccc(-c3ccc(N4CCCCC4)nn3)cc2)c1. The maximum Gasteiger partial charge on any atom is 0.270 e. The number of aromatic nitrogens is 2. The number of hydrogen-bond donors (Lipinski definition) is 1. The molecule has 0 atom stereocenters. The highest BCUT2D eigenvalue weighted by atomic mass is 32.2. The second-order valence-electron chi connectivity index (χ2n) is 7.26. The number of benzene rings is 2. The van der Waals surface area contributed by atoms with Crippen molar-refractivity contribution in [2.24, 2.45) is 0 Å². The van der Waals surface area contributed by atoms with Gasteiger partial charge in [-0.1, -0.05) is 18.2 Å². The van der Waals surface area contributed by atoms with Crippen LogP contribution in [0.2, 0.25) is 0 Å². The molecule has 1 fully saturated rings. The fraction of sp³-hybridized carbons (Fsp3) is 0.238. The maximum absolute atomic E-state index is 12.6. The summed E-state index contributed by atoms with van der Waals surface area (Å²) >= 11 is 0. The summed E-state index contributed by atoms with van der Waals surface area (Å²) in [4.78, 5) is 12.3. The third kappa shape index (κ3) is 4.80. The lowest BCUT2D eigenvalue weighted by Gasteiger charge is -2.27. The summed E-state index contributed by atoms with van der Waals surface area (Å²) in [6.07, 6.45) is 3.58. The molecule has 4 rings (SSSR count). The molecule has 9 nitrogen and oxygen atoms in total. The minimum atomic E-state index is -3.95. The molecular formula is C21H21N5O4S. The van der Waals surface area contributed by atoms with Crippen LogP contribution in [0.15, 0.2) is 65.6 Å². The van der Waals surface area contributed by atoms with E-state index in [1.54, 1.807) is 24.3 Å². The van der Waals surface area contributed by atoms with Crippen molar-refractivity contribution in [2.45, 2.75) is 24.2 Å². The molecule has 3 aromatic rings. The summed E-state index contributed by atoms with van der Waals surface area (Å²) in [5.41, 5.74) is 1.54. The van der Waals surface area contributed by atoms with Gasteiger partial charge in [0.25, 0.3) is 15.7 Å². The quantitative estimate of drug-likeness (QED) is 0.458. The number of nitro benzene ring substituents is 1. The van der Waals surface area contributed by atoms with Crippen LogP contribution in [-0.4, -0.2) is 36.6 Å². The highest BCUT2D eigenvalue weighted by molar-refractivity contribution is 7.92. The van der Waals surface area contributed by atoms with Gasteiger partial charge in [0.2, 0.25) is 0 Å². The van der Waals surface area contributed by atoms with Gasteiger partial charge >= 0.3 is 0 Å². The van der Waals surface area contributed by atoms with Gasteiger partial charge in [-0.05, 0) is 49.6 Å². The fourth-order valence-corrected chi connectivity index (χ4v) is 4.56. The van der Waals surface area contributed by atoms with Crippen molar-refractivity contribution in [2.75, 3.05) is 22.7 Å². The number of nitrogens with one attached hydrogen (secondary N) is 1. The Labute approximate surface area is 179 Å². The van der Waals surface area contributed by atoms with Crippen LogP contribution in [0.5, 0.6) is 0 Å². The molecule has 1 aliphatic rings. The summed E-state index contributed by atoms with van der Waals surface area (Å²) in [7, 11) is -3.95. The van der Waals surface area contributed by atoms with E-state index in [1.165, 1.54) is 24.6 Å². The monoisotopic (exact) mass is 439 g/mol. The first-order valence-electron chi connectivity index (χ1n) is 9.89. The Morgan fingerprint density at radius 1 is 0.935 bits per heavy atom. The zero-order chi connectivity index (χ0) is 21.8. The molecule has 2 aromatic carbocycles. The summed E-state index contributed by atoms with van der Waals surface area (Å²) in [5, 5.41) is 19.5. The smallest absolute Gasteiger partial charge is 0.270 e. The molecule has 2 heterocycles. The van der Waals surface area contributed by atoms with E-state index in [9.17, 15) is 18.5 Å². The Balaban J connectivity index is 1.48. The van der Waals surface area contributed by atoms with Crippen LogP contribution in [0.25, 0.3) is 11.3 Å². The van der Waals surface area contributed by atoms with Crippen LogP contribution >= 0.6 is 0 Å². The maximum atomic E-state index is 12.6. The average molecular weight is 439 g/mol. The predicted octanol–water partition coefficient (Wildman–Crippen LogP) is 3.84. The molecule has 0 spiro atoms. The van der Waals surface area contributed by atoms with Crippen molar-refractivity contribution in [3.63, 3.8) is 0 Å². The van der Waals surface area contributed by atoms with Crippen molar-refractivity contribution >= 4 is 27.2 Å². The highest BCUT2D eigenvalue weighted by Gasteiger charge is 2.18. The summed E-state index contributed by atoms with van der Waals surface area (Å²) in [6, 6.07) is 15.5. The van der Waals surface area contributed by atoms with Crippen LogP contribution in [0.3, 0.4) is 0 Å². The molecule has 1 aliphatic heterocycles. The topological polar surface area (TPSA) is 118 Å². The summed E-state index contributed by atoms with van der Waals surface area (Å²) in [5.74, 6) is 0.866. The normalized spacial score (nSPS) is 14.3. The molecule has 1 N–H and O–H groups in total. The van der Waals surface area contributed by atoms with Crippen molar-refractivity contribution in [3.05, 3.63) is 70.8 Å². The Morgan fingerprint density at radius 2 is 1.68 bits per heavy atom. The van der Waals surface area contributed by atoms with Gasteiger partial charge in [0.05, 0.1) is 15.5 Å². The third-order valence-corrected chi connectivity index (χ3v) is 6.48. The van der Waals surface area contributed by atoms with E-state index in [0.717, 1.165) is 43.4 Å². The number of hydrogen-bond acceptors (Lipinski definition) is 7. The molecule has 1 saturated heterocycles. The van der Waals surface area contributed by atoms with Gasteiger partial charge in [-0.2, -0.15) is 0 Å². The van der Waals surface area contributed by atoms with E-state index in [1.807, 2.05) is 12.1 Å². The molecule has 1 aromatic heterocycles. The lowest BCUT2D eigenvalue weighted by Crippen LogP contribution is -2.30. The molecule has 0 radical (unpaired) electrons. The first kappa shape index (κ1) is 20.7. The number of nitrogens with zero attached hydrogens (tertiary/aromatic N) is 4. The van der Waals surface area contributed by atoms with Crippen LogP contribution in [0.1, 0.15) is 19.3 Å². The van der Waals surface area contributed by atoms with E-state index in [-0.39, 0.29) is 10.6 Å². The minimum absolute atomic E-state index is 0.176. The lowest BCUT2D eigenvalue weighted by molar-refractivity contribution is -0.385. The highest BCUT2D eigenvalue weighted by Crippen LogP contribution is 2.24. The standard InChI is InChI=1S/C21H21N5O4S/c27-26(28)18-5-4-6-19(15-18)31(29,30)24-17-9-7-16(8-10-17)20-11-12-21(23-22-20)25-13-2-1-3-14-25/h4-12,15,24H,1-3,13-14H2. The first-order valence-corrected chi connectivity index (χ1v) is 11.4. The van der Waals surface area contributed by atoms with Crippen LogP contribution in [0, 0.1) is 10.1 Å². The van der Waals surface area contributed by atoms with Crippen molar-refractivity contribution in [1.82, 2.24) is 10.2 Å². The third-order valence-electron chi connectivity index (χ3n) is 5.10. The average Bonchev–Trinajstić information content (AvgIpc) is 2.80. The number of nitro groups is 1. The number of piperidine rings is 1. The van der Waals surface area contributed by atoms with Gasteiger partial charge in [0, 0.05) is 36.5 Å². The molecule has 160 valence electrons. The number of non-ortho nitro benzene ring substituents is 1. The lowest BCUT2D eigenvalue weighted by atomic mass is 10.1. The molecule has 0 unspecified atom stereocenters. The first-order chi connectivity index (χ1) is 14.9. The number of anilines is 2. The Bertz CT molecular complexity index is 1180. The van der Waals surface area contributed by atoms with Gasteiger partial charge in [0.1, 0.15) is 0 Å². The number of rotatable bonds is 6. The molecule has 31 heavy (non-hydrogen) atoms. The summed E-state index contributed by atoms with van der Waals surface area (Å²) in [6.45, 7) is 1.99. The largest absolute Gasteiger partial charge is 0.355 e. The second-order valence-corrected chi connectivity index (χ2v) is 8.94. The van der Waals surface area contributed by atoms with E-state index < -0.39 is 14.9 Å². The Morgan fingerprint density at radius 3 is 2.32 bits per heavy atom. The summed E-state index contributed by atoms with van der Waals surface area (Å²) < 4.78 is 27.6. The molecular weight excluding hydrogens is 418 g/mol. The molecule has 0 amide bonds. The second kappa shape index (κ2) is 8.68. The Kier molecular flexibility index (Phi) is 5.81. The molecule has 10 heteroatoms. The van der Waals surface area contributed by atoms with Crippen LogP contribution in [-0.2, 0) is 10.0 Å². The zero-order valence-corrected chi connectivity index (χ0v) is 17.5. The number of sulfonamides is 1. The van der Waals surface area contributed by atoms with Crippen molar-refractivity contribution in [1.29, 1.82) is 0 Å². The van der Waals surface area contributed by atoms with E-state index in [4.69, 9.17) is 0 Å². The van der Waals surface area contributed by atoms with Crippen LogP contribution in [0.4, 0.5) is 17.2 Å². The Hall–Kier alpha value is -3.53. The molecule has 0 saturated carbocycles. The van der Waals surface area contributed by atoms with Gasteiger partial charge in [-0.25, -0.2) is 8.42 Å². The predicted molar refractivity (Wildman–Crippen MR) is 117 cm³/mol. The van der Waals surface area contributed by atoms with Gasteiger partial charge in [0.15, 0.2) is 5.82 Å².